The van der Waals surface area contributed by atoms with Crippen molar-refractivity contribution in [1.82, 2.24) is 0 Å². The molecule has 1 aliphatic rings. The van der Waals surface area contributed by atoms with Crippen molar-refractivity contribution in [3.8, 4) is 0 Å². The van der Waals surface area contributed by atoms with Crippen LogP contribution in [0.4, 0.5) is 0 Å². The fourth-order valence-electron chi connectivity index (χ4n) is 3.27. The SMILES string of the molecule is CCCOC1(C(C)=O)CC(C)CC(C)(C)C1. The van der Waals surface area contributed by atoms with Crippen molar-refractivity contribution < 1.29 is 9.53 Å². The van der Waals surface area contributed by atoms with Crippen LogP contribution in [0.25, 0.3) is 0 Å². The van der Waals surface area contributed by atoms with Crippen LogP contribution in [-0.2, 0) is 9.53 Å². The summed E-state index contributed by atoms with van der Waals surface area (Å²) >= 11 is 0. The molecule has 1 rings (SSSR count). The van der Waals surface area contributed by atoms with Gasteiger partial charge in [0, 0.05) is 6.61 Å². The lowest BCUT2D eigenvalue weighted by atomic mass is 9.64. The molecule has 0 aromatic heterocycles. The number of Topliss-reactive ketones (excluding diaryl/α,β-unsaturated/α-hetero) is 1. The van der Waals surface area contributed by atoms with Crippen LogP contribution in [0.1, 0.15) is 60.3 Å². The molecule has 0 radical (unpaired) electrons. The lowest BCUT2D eigenvalue weighted by Gasteiger charge is -2.46. The van der Waals surface area contributed by atoms with Gasteiger partial charge in [0.05, 0.1) is 0 Å². The Bertz CT molecular complexity index is 257. The monoisotopic (exact) mass is 226 g/mol. The molecule has 0 spiro atoms. The molecule has 94 valence electrons. The van der Waals surface area contributed by atoms with Crippen LogP contribution in [0.3, 0.4) is 0 Å². The summed E-state index contributed by atoms with van der Waals surface area (Å²) in [4.78, 5) is 11.9. The van der Waals surface area contributed by atoms with Crippen molar-refractivity contribution in [2.24, 2.45) is 11.3 Å². The molecular weight excluding hydrogens is 200 g/mol. The molecule has 0 aromatic carbocycles. The van der Waals surface area contributed by atoms with Crippen LogP contribution in [-0.4, -0.2) is 18.0 Å². The lowest BCUT2D eigenvalue weighted by Crippen LogP contribution is -2.49. The number of hydrogen-bond donors (Lipinski definition) is 0. The van der Waals surface area contributed by atoms with Gasteiger partial charge in [-0.15, -0.1) is 0 Å². The zero-order valence-electron chi connectivity index (χ0n) is 11.4. The predicted molar refractivity (Wildman–Crippen MR) is 66.5 cm³/mol. The number of carbonyl (C=O) groups is 1. The average Bonchev–Trinajstić information content (AvgIpc) is 2.11. The number of ketones is 1. The Morgan fingerprint density at radius 1 is 1.38 bits per heavy atom. The van der Waals surface area contributed by atoms with Gasteiger partial charge in [-0.05, 0) is 43.9 Å². The summed E-state index contributed by atoms with van der Waals surface area (Å²) in [5.41, 5.74) is -0.283. The molecule has 1 fully saturated rings. The van der Waals surface area contributed by atoms with Gasteiger partial charge in [0.2, 0.25) is 0 Å². The first-order chi connectivity index (χ1) is 7.31. The van der Waals surface area contributed by atoms with Crippen molar-refractivity contribution in [2.45, 2.75) is 65.9 Å². The van der Waals surface area contributed by atoms with Crippen LogP contribution in [0.15, 0.2) is 0 Å². The van der Waals surface area contributed by atoms with Crippen molar-refractivity contribution in [1.29, 1.82) is 0 Å². The van der Waals surface area contributed by atoms with E-state index in [4.69, 9.17) is 4.74 Å². The molecule has 2 heteroatoms. The first-order valence-corrected chi connectivity index (χ1v) is 6.46. The van der Waals surface area contributed by atoms with Gasteiger partial charge in [0.15, 0.2) is 5.78 Å². The highest BCUT2D eigenvalue weighted by Crippen LogP contribution is 2.46. The molecule has 0 heterocycles. The van der Waals surface area contributed by atoms with E-state index in [0.29, 0.717) is 12.5 Å². The average molecular weight is 226 g/mol. The maximum Gasteiger partial charge on any atom is 0.161 e. The van der Waals surface area contributed by atoms with E-state index in [0.717, 1.165) is 19.3 Å². The van der Waals surface area contributed by atoms with Gasteiger partial charge in [0.25, 0.3) is 0 Å². The van der Waals surface area contributed by atoms with E-state index in [1.807, 2.05) is 0 Å². The fourth-order valence-corrected chi connectivity index (χ4v) is 3.27. The minimum atomic E-state index is -0.503. The van der Waals surface area contributed by atoms with Crippen molar-refractivity contribution in [3.05, 3.63) is 0 Å². The highest BCUT2D eigenvalue weighted by Gasteiger charge is 2.46. The van der Waals surface area contributed by atoms with Crippen LogP contribution in [0.2, 0.25) is 0 Å². The van der Waals surface area contributed by atoms with Gasteiger partial charge >= 0.3 is 0 Å². The summed E-state index contributed by atoms with van der Waals surface area (Å²) in [7, 11) is 0. The molecule has 0 N–H and O–H groups in total. The smallest absolute Gasteiger partial charge is 0.161 e. The van der Waals surface area contributed by atoms with E-state index < -0.39 is 5.60 Å². The fraction of sp³-hybridized carbons (Fsp3) is 0.929. The summed E-state index contributed by atoms with van der Waals surface area (Å²) in [6, 6.07) is 0. The van der Waals surface area contributed by atoms with Crippen LogP contribution in [0, 0.1) is 11.3 Å². The van der Waals surface area contributed by atoms with Crippen LogP contribution < -0.4 is 0 Å². The number of carbonyl (C=O) groups excluding carboxylic acids is 1. The third kappa shape index (κ3) is 3.07. The topological polar surface area (TPSA) is 26.3 Å². The molecule has 0 aliphatic heterocycles. The Morgan fingerprint density at radius 3 is 2.44 bits per heavy atom. The maximum absolute atomic E-state index is 11.9. The molecule has 0 saturated heterocycles. The van der Waals surface area contributed by atoms with Crippen molar-refractivity contribution in [2.75, 3.05) is 6.61 Å². The third-order valence-electron chi connectivity index (χ3n) is 3.57. The van der Waals surface area contributed by atoms with Gasteiger partial charge in [-0.1, -0.05) is 27.7 Å². The largest absolute Gasteiger partial charge is 0.367 e. The Kier molecular flexibility index (Phi) is 4.17. The molecule has 16 heavy (non-hydrogen) atoms. The van der Waals surface area contributed by atoms with E-state index in [1.54, 1.807) is 6.92 Å². The van der Waals surface area contributed by atoms with E-state index in [-0.39, 0.29) is 11.2 Å². The number of hydrogen-bond acceptors (Lipinski definition) is 2. The second-order valence-electron chi connectivity index (χ2n) is 6.25. The third-order valence-corrected chi connectivity index (χ3v) is 3.57. The van der Waals surface area contributed by atoms with Crippen LogP contribution in [0.5, 0.6) is 0 Å². The minimum absolute atomic E-state index is 0.209. The van der Waals surface area contributed by atoms with E-state index in [2.05, 4.69) is 27.7 Å². The highest BCUT2D eigenvalue weighted by atomic mass is 16.5. The van der Waals surface area contributed by atoms with E-state index >= 15 is 0 Å². The molecule has 0 amide bonds. The second-order valence-corrected chi connectivity index (χ2v) is 6.25. The molecule has 1 aliphatic carbocycles. The van der Waals surface area contributed by atoms with E-state index in [9.17, 15) is 4.79 Å². The number of ether oxygens (including phenoxy) is 1. The summed E-state index contributed by atoms with van der Waals surface area (Å²) in [5, 5.41) is 0. The molecule has 0 bridgehead atoms. The Labute approximate surface area is 99.8 Å². The summed E-state index contributed by atoms with van der Waals surface area (Å²) < 4.78 is 5.94. The predicted octanol–water partition coefficient (Wildman–Crippen LogP) is 3.59. The first kappa shape index (κ1) is 13.7. The van der Waals surface area contributed by atoms with Gasteiger partial charge in [-0.3, -0.25) is 4.79 Å². The quantitative estimate of drug-likeness (QED) is 0.732. The standard InChI is InChI=1S/C14H26O2/c1-6-7-16-14(12(3)15)9-11(2)8-13(4,5)10-14/h11H,6-10H2,1-5H3. The maximum atomic E-state index is 11.9. The van der Waals surface area contributed by atoms with Gasteiger partial charge < -0.3 is 4.74 Å². The Hall–Kier alpha value is -0.370. The normalized spacial score (nSPS) is 33.7. The van der Waals surface area contributed by atoms with Gasteiger partial charge in [0.1, 0.15) is 5.60 Å². The van der Waals surface area contributed by atoms with Gasteiger partial charge in [-0.2, -0.15) is 0 Å². The molecule has 2 atom stereocenters. The number of rotatable bonds is 4. The molecule has 1 saturated carbocycles. The minimum Gasteiger partial charge on any atom is -0.367 e. The van der Waals surface area contributed by atoms with Crippen molar-refractivity contribution >= 4 is 5.78 Å². The lowest BCUT2D eigenvalue weighted by molar-refractivity contribution is -0.157. The zero-order valence-corrected chi connectivity index (χ0v) is 11.4. The molecular formula is C14H26O2. The van der Waals surface area contributed by atoms with E-state index in [1.165, 1.54) is 6.42 Å². The van der Waals surface area contributed by atoms with Crippen molar-refractivity contribution in [3.63, 3.8) is 0 Å². The second kappa shape index (κ2) is 4.87. The highest BCUT2D eigenvalue weighted by molar-refractivity contribution is 5.85. The summed E-state index contributed by atoms with van der Waals surface area (Å²) in [6.45, 7) is 11.2. The summed E-state index contributed by atoms with van der Waals surface area (Å²) in [6.07, 6.45) is 3.94. The Morgan fingerprint density at radius 2 is 2.00 bits per heavy atom. The van der Waals surface area contributed by atoms with Crippen LogP contribution >= 0.6 is 0 Å². The van der Waals surface area contributed by atoms with Gasteiger partial charge in [-0.25, -0.2) is 0 Å². The summed E-state index contributed by atoms with van der Waals surface area (Å²) in [5.74, 6) is 0.782. The molecule has 2 unspecified atom stereocenters. The zero-order chi connectivity index (χ0) is 12.4. The Balaban J connectivity index is 2.87. The molecule has 0 aromatic rings. The molecule has 2 nitrogen and oxygen atoms in total. The first-order valence-electron chi connectivity index (χ1n) is 6.46.